The van der Waals surface area contributed by atoms with E-state index in [0.29, 0.717) is 6.04 Å². The van der Waals surface area contributed by atoms with E-state index in [-0.39, 0.29) is 0 Å². The number of likely N-dealkylation sites (tertiary alicyclic amines) is 1. The molecule has 0 bridgehead atoms. The predicted octanol–water partition coefficient (Wildman–Crippen LogP) is 3.11. The number of aryl methyl sites for hydroxylation is 2. The highest BCUT2D eigenvalue weighted by Crippen LogP contribution is 2.27. The SMILES string of the molecule is Cc1nn(C)c(CN2CCCC(C)C2C)c1Br. The quantitative estimate of drug-likeness (QED) is 0.837. The molecule has 4 heteroatoms. The lowest BCUT2D eigenvalue weighted by Crippen LogP contribution is -2.42. The molecule has 3 nitrogen and oxygen atoms in total. The van der Waals surface area contributed by atoms with E-state index >= 15 is 0 Å². The molecule has 0 radical (unpaired) electrons. The van der Waals surface area contributed by atoms with Crippen molar-refractivity contribution in [3.05, 3.63) is 15.9 Å². The summed E-state index contributed by atoms with van der Waals surface area (Å²) in [7, 11) is 2.03. The molecule has 0 amide bonds. The normalized spacial score (nSPS) is 26.4. The van der Waals surface area contributed by atoms with Gasteiger partial charge in [0.1, 0.15) is 0 Å². The molecule has 1 aliphatic heterocycles. The highest BCUT2D eigenvalue weighted by atomic mass is 79.9. The molecule has 2 heterocycles. The summed E-state index contributed by atoms with van der Waals surface area (Å²) < 4.78 is 3.18. The first-order chi connectivity index (χ1) is 8.00. The summed E-state index contributed by atoms with van der Waals surface area (Å²) >= 11 is 3.65. The Morgan fingerprint density at radius 1 is 1.41 bits per heavy atom. The molecule has 2 unspecified atom stereocenters. The molecule has 1 aromatic rings. The molecule has 1 saturated heterocycles. The molecule has 2 rings (SSSR count). The Labute approximate surface area is 112 Å². The van der Waals surface area contributed by atoms with Gasteiger partial charge in [0.2, 0.25) is 0 Å². The van der Waals surface area contributed by atoms with Crippen LogP contribution in [0.3, 0.4) is 0 Å². The number of nitrogens with zero attached hydrogens (tertiary/aromatic N) is 3. The number of halogens is 1. The number of hydrogen-bond donors (Lipinski definition) is 0. The Hall–Kier alpha value is -0.350. The van der Waals surface area contributed by atoms with Gasteiger partial charge in [0.15, 0.2) is 0 Å². The fraction of sp³-hybridized carbons (Fsp3) is 0.769. The van der Waals surface area contributed by atoms with Crippen molar-refractivity contribution >= 4 is 15.9 Å². The van der Waals surface area contributed by atoms with Crippen molar-refractivity contribution in [3.8, 4) is 0 Å². The third kappa shape index (κ3) is 2.58. The van der Waals surface area contributed by atoms with Gasteiger partial charge in [-0.15, -0.1) is 0 Å². The molecule has 0 N–H and O–H groups in total. The molecule has 0 saturated carbocycles. The smallest absolute Gasteiger partial charge is 0.0739 e. The van der Waals surface area contributed by atoms with Crippen LogP contribution in [0.2, 0.25) is 0 Å². The lowest BCUT2D eigenvalue weighted by Gasteiger charge is -2.37. The van der Waals surface area contributed by atoms with Crippen LogP contribution in [0, 0.1) is 12.8 Å². The van der Waals surface area contributed by atoms with Crippen molar-refractivity contribution in [1.82, 2.24) is 14.7 Å². The summed E-state index contributed by atoms with van der Waals surface area (Å²) in [6.07, 6.45) is 2.68. The van der Waals surface area contributed by atoms with E-state index in [1.54, 1.807) is 0 Å². The zero-order valence-electron chi connectivity index (χ0n) is 11.2. The van der Waals surface area contributed by atoms with E-state index in [0.717, 1.165) is 18.2 Å². The van der Waals surface area contributed by atoms with Gasteiger partial charge < -0.3 is 0 Å². The van der Waals surface area contributed by atoms with Crippen molar-refractivity contribution in [2.24, 2.45) is 13.0 Å². The Morgan fingerprint density at radius 2 is 2.12 bits per heavy atom. The number of rotatable bonds is 2. The number of aromatic nitrogens is 2. The minimum atomic E-state index is 0.672. The molecule has 2 atom stereocenters. The van der Waals surface area contributed by atoms with Crippen LogP contribution < -0.4 is 0 Å². The molecule has 17 heavy (non-hydrogen) atoms. The fourth-order valence-corrected chi connectivity index (χ4v) is 3.15. The van der Waals surface area contributed by atoms with Gasteiger partial charge in [-0.2, -0.15) is 5.10 Å². The summed E-state index contributed by atoms with van der Waals surface area (Å²) in [5, 5.41) is 4.46. The van der Waals surface area contributed by atoms with Crippen molar-refractivity contribution in [1.29, 1.82) is 0 Å². The standard InChI is InChI=1S/C13H22BrN3/c1-9-6-5-7-17(11(9)3)8-12-13(14)10(2)15-16(12)4/h9,11H,5-8H2,1-4H3. The first kappa shape index (κ1) is 13.1. The van der Waals surface area contributed by atoms with Crippen LogP contribution in [0.4, 0.5) is 0 Å². The van der Waals surface area contributed by atoms with Crippen LogP contribution in [0.25, 0.3) is 0 Å². The first-order valence-electron chi connectivity index (χ1n) is 6.42. The van der Waals surface area contributed by atoms with Gasteiger partial charge in [0.05, 0.1) is 15.9 Å². The van der Waals surface area contributed by atoms with E-state index in [1.165, 1.54) is 29.6 Å². The van der Waals surface area contributed by atoms with Crippen LogP contribution in [0.15, 0.2) is 4.47 Å². The zero-order chi connectivity index (χ0) is 12.6. The van der Waals surface area contributed by atoms with Crippen LogP contribution in [0.1, 0.15) is 38.1 Å². The minimum absolute atomic E-state index is 0.672. The highest BCUT2D eigenvalue weighted by molar-refractivity contribution is 9.10. The van der Waals surface area contributed by atoms with Gasteiger partial charge in [-0.05, 0) is 55.1 Å². The van der Waals surface area contributed by atoms with Crippen LogP contribution >= 0.6 is 15.9 Å². The Morgan fingerprint density at radius 3 is 2.71 bits per heavy atom. The molecular weight excluding hydrogens is 278 g/mol. The average molecular weight is 300 g/mol. The van der Waals surface area contributed by atoms with E-state index in [4.69, 9.17) is 0 Å². The first-order valence-corrected chi connectivity index (χ1v) is 7.22. The Balaban J connectivity index is 2.14. The van der Waals surface area contributed by atoms with Gasteiger partial charge >= 0.3 is 0 Å². The van der Waals surface area contributed by atoms with Crippen LogP contribution in [0.5, 0.6) is 0 Å². The molecule has 1 aromatic heterocycles. The van der Waals surface area contributed by atoms with Crippen molar-refractivity contribution in [3.63, 3.8) is 0 Å². The fourth-order valence-electron chi connectivity index (χ4n) is 2.69. The summed E-state index contributed by atoms with van der Waals surface area (Å²) in [5.41, 5.74) is 2.38. The van der Waals surface area contributed by atoms with Crippen LogP contribution in [-0.4, -0.2) is 27.3 Å². The maximum Gasteiger partial charge on any atom is 0.0739 e. The summed E-state index contributed by atoms with van der Waals surface area (Å²) in [6, 6.07) is 0.672. The summed E-state index contributed by atoms with van der Waals surface area (Å²) in [6.45, 7) is 8.97. The lowest BCUT2D eigenvalue weighted by molar-refractivity contribution is 0.103. The van der Waals surface area contributed by atoms with Gasteiger partial charge in [0, 0.05) is 19.6 Å². The second-order valence-electron chi connectivity index (χ2n) is 5.30. The predicted molar refractivity (Wildman–Crippen MR) is 73.9 cm³/mol. The van der Waals surface area contributed by atoms with Gasteiger partial charge in [-0.25, -0.2) is 0 Å². The van der Waals surface area contributed by atoms with E-state index < -0.39 is 0 Å². The van der Waals surface area contributed by atoms with E-state index in [1.807, 2.05) is 11.7 Å². The summed E-state index contributed by atoms with van der Waals surface area (Å²) in [5.74, 6) is 0.803. The number of hydrogen-bond acceptors (Lipinski definition) is 2. The number of piperidine rings is 1. The third-order valence-corrected chi connectivity index (χ3v) is 5.15. The highest BCUT2D eigenvalue weighted by Gasteiger charge is 2.26. The maximum atomic E-state index is 4.46. The molecular formula is C13H22BrN3. The maximum absolute atomic E-state index is 4.46. The molecule has 1 aliphatic rings. The minimum Gasteiger partial charge on any atom is -0.295 e. The molecule has 0 aromatic carbocycles. The monoisotopic (exact) mass is 299 g/mol. The zero-order valence-corrected chi connectivity index (χ0v) is 12.8. The molecule has 0 spiro atoms. The summed E-state index contributed by atoms with van der Waals surface area (Å²) in [4.78, 5) is 2.58. The van der Waals surface area contributed by atoms with Crippen molar-refractivity contribution in [2.75, 3.05) is 6.54 Å². The largest absolute Gasteiger partial charge is 0.295 e. The van der Waals surface area contributed by atoms with Gasteiger partial charge in [-0.1, -0.05) is 6.92 Å². The van der Waals surface area contributed by atoms with Crippen LogP contribution in [-0.2, 0) is 13.6 Å². The van der Waals surface area contributed by atoms with Gasteiger partial charge in [0.25, 0.3) is 0 Å². The third-order valence-electron chi connectivity index (χ3n) is 4.12. The molecule has 96 valence electrons. The molecule has 1 fully saturated rings. The van der Waals surface area contributed by atoms with E-state index in [9.17, 15) is 0 Å². The van der Waals surface area contributed by atoms with E-state index in [2.05, 4.69) is 46.7 Å². The second kappa shape index (κ2) is 5.11. The lowest BCUT2D eigenvalue weighted by atomic mass is 9.92. The topological polar surface area (TPSA) is 21.1 Å². The average Bonchev–Trinajstić information content (AvgIpc) is 2.51. The Kier molecular flexibility index (Phi) is 3.93. The van der Waals surface area contributed by atoms with Crippen molar-refractivity contribution < 1.29 is 0 Å². The molecule has 0 aliphatic carbocycles. The Bertz CT molecular complexity index is 400. The second-order valence-corrected chi connectivity index (χ2v) is 6.09. The van der Waals surface area contributed by atoms with Crippen molar-refractivity contribution in [2.45, 2.75) is 46.2 Å². The van der Waals surface area contributed by atoms with Gasteiger partial charge in [-0.3, -0.25) is 9.58 Å².